The van der Waals surface area contributed by atoms with Crippen LogP contribution >= 0.6 is 0 Å². The lowest BCUT2D eigenvalue weighted by Gasteiger charge is -2.38. The van der Waals surface area contributed by atoms with Gasteiger partial charge in [-0.15, -0.1) is 0 Å². The molecule has 0 N–H and O–H groups in total. The summed E-state index contributed by atoms with van der Waals surface area (Å²) < 4.78 is 0. The van der Waals surface area contributed by atoms with E-state index in [4.69, 9.17) is 0 Å². The maximum absolute atomic E-state index is 13.9. The Hall–Kier alpha value is -3.96. The van der Waals surface area contributed by atoms with Crippen molar-refractivity contribution in [3.63, 3.8) is 0 Å². The minimum Gasteiger partial charge on any atom is -0.282 e. The molecule has 12 nitrogen and oxygen atoms in total. The van der Waals surface area contributed by atoms with Crippen molar-refractivity contribution in [1.82, 2.24) is 19.6 Å². The van der Waals surface area contributed by atoms with E-state index < -0.39 is 11.8 Å². The zero-order valence-corrected chi connectivity index (χ0v) is 27.4. The molecule has 254 valence electrons. The van der Waals surface area contributed by atoms with Crippen LogP contribution < -0.4 is 0 Å². The summed E-state index contributed by atoms with van der Waals surface area (Å²) in [6.07, 6.45) is 10.5. The molecule has 12 unspecified atom stereocenters. The van der Waals surface area contributed by atoms with Crippen LogP contribution in [-0.2, 0) is 38.4 Å². The Labute approximate surface area is 278 Å². The first-order valence-electron chi connectivity index (χ1n) is 17.7. The lowest BCUT2D eigenvalue weighted by atomic mass is 9.76. The monoisotopic (exact) mass is 658 g/mol. The highest BCUT2D eigenvalue weighted by Gasteiger charge is 2.57. The molecule has 0 aromatic carbocycles. The maximum atomic E-state index is 13.9. The number of nitrogens with zero attached hydrogens (tertiary/aromatic N) is 4. The molecule has 4 heterocycles. The first kappa shape index (κ1) is 31.3. The summed E-state index contributed by atoms with van der Waals surface area (Å²) in [4.78, 5) is 109. The van der Waals surface area contributed by atoms with Crippen molar-refractivity contribution < 1.29 is 38.4 Å². The number of rotatable bonds is 9. The smallest absolute Gasteiger partial charge is 0.253 e. The van der Waals surface area contributed by atoms with Crippen molar-refractivity contribution in [1.29, 1.82) is 0 Å². The Kier molecular flexibility index (Phi) is 7.37. The van der Waals surface area contributed by atoms with Gasteiger partial charge in [0, 0.05) is 62.3 Å². The predicted molar refractivity (Wildman–Crippen MR) is 166 cm³/mol. The molecule has 0 aromatic heterocycles. The molecule has 4 aliphatic heterocycles. The van der Waals surface area contributed by atoms with Gasteiger partial charge in [-0.25, -0.2) is 0 Å². The van der Waals surface area contributed by atoms with E-state index in [1.165, 1.54) is 43.9 Å². The number of hydrogen-bond donors (Lipinski definition) is 0. The highest BCUT2D eigenvalue weighted by Crippen LogP contribution is 2.56. The van der Waals surface area contributed by atoms with E-state index in [0.29, 0.717) is 18.4 Å². The van der Waals surface area contributed by atoms with E-state index in [-0.39, 0.29) is 114 Å². The van der Waals surface area contributed by atoms with Crippen LogP contribution in [0.4, 0.5) is 0 Å². The largest absolute Gasteiger partial charge is 0.282 e. The fourth-order valence-corrected chi connectivity index (χ4v) is 11.5. The Morgan fingerprint density at radius 2 is 1.00 bits per heavy atom. The van der Waals surface area contributed by atoms with Gasteiger partial charge in [0.1, 0.15) is 0 Å². The van der Waals surface area contributed by atoms with Crippen LogP contribution in [0.2, 0.25) is 0 Å². The fourth-order valence-electron chi connectivity index (χ4n) is 11.5. The Bertz CT molecular complexity index is 1570. The van der Waals surface area contributed by atoms with Crippen LogP contribution in [0.3, 0.4) is 0 Å². The van der Waals surface area contributed by atoms with Gasteiger partial charge in [0.2, 0.25) is 23.6 Å². The minimum absolute atomic E-state index is 0.0497. The van der Waals surface area contributed by atoms with Gasteiger partial charge < -0.3 is 0 Å². The summed E-state index contributed by atoms with van der Waals surface area (Å²) in [6, 6.07) is -0.644. The molecule has 8 rings (SSSR count). The zero-order chi connectivity index (χ0) is 33.8. The quantitative estimate of drug-likeness (QED) is 0.340. The number of carbonyl (C=O) groups is 8. The van der Waals surface area contributed by atoms with E-state index in [1.54, 1.807) is 0 Å². The second-order valence-corrected chi connectivity index (χ2v) is 15.9. The van der Waals surface area contributed by atoms with Crippen molar-refractivity contribution in [3.8, 4) is 0 Å². The normalized spacial score (nSPS) is 40.0. The maximum Gasteiger partial charge on any atom is 0.253 e. The van der Waals surface area contributed by atoms with Crippen LogP contribution in [0.5, 0.6) is 0 Å². The van der Waals surface area contributed by atoms with E-state index in [9.17, 15) is 38.4 Å². The highest BCUT2D eigenvalue weighted by molar-refractivity contribution is 6.14. The number of likely N-dealkylation sites (tertiary alicyclic amines) is 2. The minimum atomic E-state index is -0.866. The van der Waals surface area contributed by atoms with E-state index in [2.05, 4.69) is 0 Å². The number of carbonyl (C=O) groups excluding carboxylic acids is 8. The molecule has 0 radical (unpaired) electrons. The fraction of sp³-hybridized carbons (Fsp3) is 0.667. The Morgan fingerprint density at radius 3 is 1.54 bits per heavy atom. The third-order valence-corrected chi connectivity index (χ3v) is 13.6. The van der Waals surface area contributed by atoms with Gasteiger partial charge in [-0.3, -0.25) is 58.0 Å². The topological polar surface area (TPSA) is 150 Å². The van der Waals surface area contributed by atoms with E-state index >= 15 is 0 Å². The average Bonchev–Trinajstić information content (AvgIpc) is 3.93. The summed E-state index contributed by atoms with van der Waals surface area (Å²) >= 11 is 0. The first-order chi connectivity index (χ1) is 22.9. The standard InChI is InChI=1S/C36H42N4O8/c1-17(39-31(43)5-6-32(39)44)23-9-20-8-22(26(23)12-20)16-38-33(45)13-27(35(38)47)28-14-34(46)40(36(28)48)18(2)24-10-19-7-21(25(24)11-19)15-37-29(41)3-4-30(37)42/h3-6,17-28H,7-16H2,1-2H3. The second kappa shape index (κ2) is 11.3. The molecular formula is C36H42N4O8. The molecule has 4 aliphatic carbocycles. The molecule has 12 heteroatoms. The summed E-state index contributed by atoms with van der Waals surface area (Å²) in [7, 11) is 0. The number of hydrogen-bond acceptors (Lipinski definition) is 8. The van der Waals surface area contributed by atoms with Crippen LogP contribution in [-0.4, -0.2) is 92.0 Å². The second-order valence-electron chi connectivity index (χ2n) is 15.9. The van der Waals surface area contributed by atoms with Crippen LogP contribution in [0.25, 0.3) is 0 Å². The lowest BCUT2D eigenvalue weighted by Crippen LogP contribution is -2.47. The van der Waals surface area contributed by atoms with Gasteiger partial charge in [0.15, 0.2) is 0 Å². The molecule has 12 atom stereocenters. The molecule has 2 saturated heterocycles. The van der Waals surface area contributed by atoms with Gasteiger partial charge in [0.25, 0.3) is 23.6 Å². The first-order valence-corrected chi connectivity index (χ1v) is 17.7. The molecule has 6 fully saturated rings. The Balaban J connectivity index is 0.913. The molecular weight excluding hydrogens is 616 g/mol. The molecule has 4 bridgehead atoms. The third-order valence-electron chi connectivity index (χ3n) is 13.6. The molecule has 8 amide bonds. The van der Waals surface area contributed by atoms with Crippen LogP contribution in [0.1, 0.15) is 65.2 Å². The Morgan fingerprint density at radius 1 is 0.542 bits per heavy atom. The molecule has 8 aliphatic rings. The van der Waals surface area contributed by atoms with Crippen molar-refractivity contribution in [2.45, 2.75) is 77.3 Å². The van der Waals surface area contributed by atoms with E-state index in [1.807, 2.05) is 13.8 Å². The SMILES string of the molecule is CC(C1CC2CC(CN3C(=O)CC(C4CC(=O)N(C(C)C5CC6CC(CN7C(=O)C=CC7=O)C5C6)C4=O)C3=O)C1C2)N1C(=O)C=CC1=O. The molecule has 4 saturated carbocycles. The number of amides is 8. The molecule has 0 spiro atoms. The number of fused-ring (bicyclic) bond motifs is 4. The van der Waals surface area contributed by atoms with Crippen molar-refractivity contribution in [3.05, 3.63) is 24.3 Å². The average molecular weight is 659 g/mol. The third kappa shape index (κ3) is 4.75. The van der Waals surface area contributed by atoms with Crippen molar-refractivity contribution >= 4 is 47.3 Å². The zero-order valence-electron chi connectivity index (χ0n) is 27.4. The summed E-state index contributed by atoms with van der Waals surface area (Å²) in [6.45, 7) is 4.42. The summed E-state index contributed by atoms with van der Waals surface area (Å²) in [5, 5.41) is 0. The van der Waals surface area contributed by atoms with Gasteiger partial charge in [-0.2, -0.15) is 0 Å². The molecule has 48 heavy (non-hydrogen) atoms. The van der Waals surface area contributed by atoms with Crippen LogP contribution in [0, 0.1) is 59.2 Å². The predicted octanol–water partition coefficient (Wildman–Crippen LogP) is 1.69. The van der Waals surface area contributed by atoms with Gasteiger partial charge in [-0.05, 0) is 99.7 Å². The van der Waals surface area contributed by atoms with Crippen molar-refractivity contribution in [2.24, 2.45) is 59.2 Å². The summed E-state index contributed by atoms with van der Waals surface area (Å²) in [5.41, 5.74) is 0. The van der Waals surface area contributed by atoms with E-state index in [0.717, 1.165) is 38.5 Å². The lowest BCUT2D eigenvalue weighted by molar-refractivity contribution is -0.147. The summed E-state index contributed by atoms with van der Waals surface area (Å²) in [5.74, 6) is -2.77. The van der Waals surface area contributed by atoms with Gasteiger partial charge in [-0.1, -0.05) is 0 Å². The number of imide groups is 4. The molecule has 0 aromatic rings. The van der Waals surface area contributed by atoms with Crippen LogP contribution in [0.15, 0.2) is 24.3 Å². The van der Waals surface area contributed by atoms with Crippen molar-refractivity contribution in [2.75, 3.05) is 13.1 Å². The van der Waals surface area contributed by atoms with Gasteiger partial charge >= 0.3 is 0 Å². The van der Waals surface area contributed by atoms with Gasteiger partial charge in [0.05, 0.1) is 11.8 Å². The highest BCUT2D eigenvalue weighted by atomic mass is 16.2.